The third-order valence-corrected chi connectivity index (χ3v) is 5.98. The summed E-state index contributed by atoms with van der Waals surface area (Å²) >= 11 is 0. The fourth-order valence-electron chi connectivity index (χ4n) is 4.14. The number of hydrogen-bond donors (Lipinski definition) is 2. The molecule has 1 fully saturated rings. The van der Waals surface area contributed by atoms with Crippen LogP contribution >= 0.6 is 0 Å². The van der Waals surface area contributed by atoms with Gasteiger partial charge in [0.15, 0.2) is 5.65 Å². The summed E-state index contributed by atoms with van der Waals surface area (Å²) in [7, 11) is 1.61. The maximum atomic E-state index is 12.8. The fourth-order valence-corrected chi connectivity index (χ4v) is 4.14. The number of ether oxygens (including phenoxy) is 2. The number of hydrogen-bond acceptors (Lipinski definition) is 5. The SMILES string of the molecule is COc1ccc(CC(=O)N[C@H](c2cc(=O)n3[nH]c(C4CCOCC4)cc3n2)C(C)C)cc1. The number of nitrogens with zero attached hydrogens (tertiary/aromatic N) is 2. The molecule has 170 valence electrons. The molecule has 1 aliphatic rings. The highest BCUT2D eigenvalue weighted by molar-refractivity contribution is 5.79. The number of rotatable bonds is 7. The van der Waals surface area contributed by atoms with Crippen LogP contribution in [0.5, 0.6) is 5.75 Å². The molecule has 1 aromatic carbocycles. The van der Waals surface area contributed by atoms with E-state index in [1.165, 1.54) is 10.6 Å². The van der Waals surface area contributed by atoms with Gasteiger partial charge in [-0.05, 0) is 36.5 Å². The molecule has 1 aliphatic heterocycles. The number of carbonyl (C=O) groups excluding carboxylic acids is 1. The number of fused-ring (bicyclic) bond motifs is 1. The minimum absolute atomic E-state index is 0.0677. The molecule has 1 amide bonds. The van der Waals surface area contributed by atoms with Gasteiger partial charge < -0.3 is 14.8 Å². The minimum Gasteiger partial charge on any atom is -0.497 e. The van der Waals surface area contributed by atoms with Gasteiger partial charge in [-0.3, -0.25) is 14.7 Å². The fraction of sp³-hybridized carbons (Fsp3) is 0.458. The molecule has 0 radical (unpaired) electrons. The van der Waals surface area contributed by atoms with E-state index in [0.29, 0.717) is 17.3 Å². The van der Waals surface area contributed by atoms with Crippen LogP contribution < -0.4 is 15.6 Å². The summed E-state index contributed by atoms with van der Waals surface area (Å²) in [5.74, 6) is 1.03. The van der Waals surface area contributed by atoms with E-state index >= 15 is 0 Å². The van der Waals surface area contributed by atoms with Crippen LogP contribution in [0.2, 0.25) is 0 Å². The molecule has 2 N–H and O–H groups in total. The van der Waals surface area contributed by atoms with Crippen LogP contribution in [0.1, 0.15) is 55.6 Å². The Morgan fingerprint density at radius 3 is 2.62 bits per heavy atom. The lowest BCUT2D eigenvalue weighted by Gasteiger charge is -2.22. The number of carbonyl (C=O) groups is 1. The van der Waals surface area contributed by atoms with Crippen LogP contribution in [0.4, 0.5) is 0 Å². The second kappa shape index (κ2) is 9.56. The number of aromatic nitrogens is 3. The van der Waals surface area contributed by atoms with Crippen molar-refractivity contribution in [3.05, 3.63) is 63.7 Å². The summed E-state index contributed by atoms with van der Waals surface area (Å²) in [5, 5.41) is 6.26. The number of H-pyrrole nitrogens is 1. The first kappa shape index (κ1) is 22.1. The van der Waals surface area contributed by atoms with Crippen molar-refractivity contribution in [3.63, 3.8) is 0 Å². The monoisotopic (exact) mass is 438 g/mol. The van der Waals surface area contributed by atoms with Gasteiger partial charge in [-0.15, -0.1) is 0 Å². The lowest BCUT2D eigenvalue weighted by Crippen LogP contribution is -2.34. The molecule has 3 heterocycles. The average molecular weight is 439 g/mol. The van der Waals surface area contributed by atoms with Crippen LogP contribution in [0.15, 0.2) is 41.2 Å². The first-order valence-corrected chi connectivity index (χ1v) is 11.1. The molecule has 2 aromatic heterocycles. The summed E-state index contributed by atoms with van der Waals surface area (Å²) in [6, 6.07) is 10.5. The molecule has 3 aromatic rings. The summed E-state index contributed by atoms with van der Waals surface area (Å²) in [5.41, 5.74) is 2.86. The molecule has 8 nitrogen and oxygen atoms in total. The van der Waals surface area contributed by atoms with Crippen LogP contribution in [-0.4, -0.2) is 40.8 Å². The maximum Gasteiger partial charge on any atom is 0.272 e. The molecule has 1 saturated heterocycles. The summed E-state index contributed by atoms with van der Waals surface area (Å²) < 4.78 is 12.1. The highest BCUT2D eigenvalue weighted by atomic mass is 16.5. The molecular formula is C24H30N4O4. The molecule has 0 unspecified atom stereocenters. The van der Waals surface area contributed by atoms with E-state index in [0.717, 1.165) is 43.1 Å². The molecule has 1 atom stereocenters. The number of benzene rings is 1. The highest BCUT2D eigenvalue weighted by Gasteiger charge is 2.23. The highest BCUT2D eigenvalue weighted by Crippen LogP contribution is 2.27. The Morgan fingerprint density at radius 1 is 1.25 bits per heavy atom. The number of methoxy groups -OCH3 is 1. The number of aromatic amines is 1. The Hall–Kier alpha value is -3.13. The largest absolute Gasteiger partial charge is 0.497 e. The quantitative estimate of drug-likeness (QED) is 0.591. The van der Waals surface area contributed by atoms with E-state index in [4.69, 9.17) is 14.5 Å². The van der Waals surface area contributed by atoms with E-state index in [9.17, 15) is 9.59 Å². The van der Waals surface area contributed by atoms with E-state index < -0.39 is 0 Å². The Balaban J connectivity index is 1.54. The van der Waals surface area contributed by atoms with Gasteiger partial charge in [0.05, 0.1) is 25.3 Å². The molecule has 0 aliphatic carbocycles. The molecular weight excluding hydrogens is 408 g/mol. The Morgan fingerprint density at radius 2 is 1.97 bits per heavy atom. The van der Waals surface area contributed by atoms with Crippen LogP contribution in [-0.2, 0) is 16.0 Å². The van der Waals surface area contributed by atoms with Gasteiger partial charge in [0.2, 0.25) is 5.91 Å². The standard InChI is InChI=1S/C24H30N4O4/c1-15(2)24(26-22(29)12-16-4-6-18(31-3)7-5-16)20-14-23(30)28-21(25-20)13-19(27-28)17-8-10-32-11-9-17/h4-7,13-15,17,24,27H,8-12H2,1-3H3,(H,26,29)/t24-/m0/s1. The third-order valence-electron chi connectivity index (χ3n) is 5.98. The minimum atomic E-state index is -0.361. The van der Waals surface area contributed by atoms with E-state index in [1.54, 1.807) is 7.11 Å². The van der Waals surface area contributed by atoms with Gasteiger partial charge in [-0.2, -0.15) is 0 Å². The lowest BCUT2D eigenvalue weighted by atomic mass is 9.97. The predicted octanol–water partition coefficient (Wildman–Crippen LogP) is 2.98. The molecule has 8 heteroatoms. The van der Waals surface area contributed by atoms with Crippen molar-refractivity contribution in [2.75, 3.05) is 20.3 Å². The zero-order valence-corrected chi connectivity index (χ0v) is 18.8. The Kier molecular flexibility index (Phi) is 6.60. The van der Waals surface area contributed by atoms with Crippen molar-refractivity contribution in [2.24, 2.45) is 5.92 Å². The molecule has 0 saturated carbocycles. The Bertz CT molecular complexity index is 1130. The van der Waals surface area contributed by atoms with Gasteiger partial charge in [0, 0.05) is 37.0 Å². The van der Waals surface area contributed by atoms with Gasteiger partial charge in [-0.1, -0.05) is 26.0 Å². The second-order valence-electron chi connectivity index (χ2n) is 8.63. The van der Waals surface area contributed by atoms with Crippen LogP contribution in [0.3, 0.4) is 0 Å². The average Bonchev–Trinajstić information content (AvgIpc) is 3.23. The number of amides is 1. The number of nitrogens with one attached hydrogen (secondary N) is 2. The van der Waals surface area contributed by atoms with Crippen molar-refractivity contribution >= 4 is 11.6 Å². The van der Waals surface area contributed by atoms with Crippen molar-refractivity contribution in [2.45, 2.75) is 45.1 Å². The van der Waals surface area contributed by atoms with Gasteiger partial charge >= 0.3 is 0 Å². The zero-order valence-electron chi connectivity index (χ0n) is 18.8. The molecule has 4 rings (SSSR count). The maximum absolute atomic E-state index is 12.8. The normalized spacial score (nSPS) is 15.8. The van der Waals surface area contributed by atoms with Crippen molar-refractivity contribution in [3.8, 4) is 5.75 Å². The summed E-state index contributed by atoms with van der Waals surface area (Å²) in [4.78, 5) is 30.3. The van der Waals surface area contributed by atoms with Gasteiger partial charge in [0.25, 0.3) is 5.56 Å². The van der Waals surface area contributed by atoms with Gasteiger partial charge in [-0.25, -0.2) is 9.50 Å². The predicted molar refractivity (Wildman–Crippen MR) is 121 cm³/mol. The molecule has 32 heavy (non-hydrogen) atoms. The first-order chi connectivity index (χ1) is 15.4. The van der Waals surface area contributed by atoms with E-state index in [-0.39, 0.29) is 29.8 Å². The first-order valence-electron chi connectivity index (χ1n) is 11.1. The van der Waals surface area contributed by atoms with Crippen molar-refractivity contribution < 1.29 is 14.3 Å². The van der Waals surface area contributed by atoms with E-state index in [2.05, 4.69) is 10.4 Å². The topological polar surface area (TPSA) is 97.7 Å². The van der Waals surface area contributed by atoms with Gasteiger partial charge in [0.1, 0.15) is 5.75 Å². The Labute approximate surface area is 186 Å². The van der Waals surface area contributed by atoms with Crippen molar-refractivity contribution in [1.29, 1.82) is 0 Å². The lowest BCUT2D eigenvalue weighted by molar-refractivity contribution is -0.121. The third kappa shape index (κ3) is 4.85. The van der Waals surface area contributed by atoms with Crippen LogP contribution in [0.25, 0.3) is 5.65 Å². The molecule has 0 spiro atoms. The van der Waals surface area contributed by atoms with Crippen molar-refractivity contribution in [1.82, 2.24) is 19.9 Å². The van der Waals surface area contributed by atoms with E-state index in [1.807, 2.05) is 44.2 Å². The molecule has 0 bridgehead atoms. The summed E-state index contributed by atoms with van der Waals surface area (Å²) in [6.45, 7) is 5.46. The summed E-state index contributed by atoms with van der Waals surface area (Å²) in [6.07, 6.45) is 2.08. The second-order valence-corrected chi connectivity index (χ2v) is 8.63. The smallest absolute Gasteiger partial charge is 0.272 e. The van der Waals surface area contributed by atoms with Crippen LogP contribution in [0, 0.1) is 5.92 Å². The zero-order chi connectivity index (χ0) is 22.7.